The summed E-state index contributed by atoms with van der Waals surface area (Å²) in [6.07, 6.45) is 2.11. The summed E-state index contributed by atoms with van der Waals surface area (Å²) in [6.45, 7) is 3.15. The monoisotopic (exact) mass is 317 g/mol. The van der Waals surface area contributed by atoms with Gasteiger partial charge in [0.2, 0.25) is 21.8 Å². The zero-order valence-corrected chi connectivity index (χ0v) is 13.1. The van der Waals surface area contributed by atoms with Crippen LogP contribution in [-0.4, -0.2) is 56.0 Å². The van der Waals surface area contributed by atoms with Crippen molar-refractivity contribution in [1.29, 1.82) is 0 Å². The van der Waals surface area contributed by atoms with Gasteiger partial charge in [0, 0.05) is 32.1 Å². The van der Waals surface area contributed by atoms with Gasteiger partial charge in [0.25, 0.3) is 0 Å². The van der Waals surface area contributed by atoms with Crippen LogP contribution < -0.4 is 10.6 Å². The van der Waals surface area contributed by atoms with E-state index in [0.29, 0.717) is 38.9 Å². The minimum atomic E-state index is -3.14. The number of amides is 2. The maximum Gasteiger partial charge on any atom is 0.225 e. The molecule has 0 saturated carbocycles. The van der Waals surface area contributed by atoms with Gasteiger partial charge in [-0.2, -0.15) is 0 Å². The molecule has 8 heteroatoms. The van der Waals surface area contributed by atoms with Crippen LogP contribution in [-0.2, 0) is 19.6 Å². The Balaban J connectivity index is 1.79. The van der Waals surface area contributed by atoms with E-state index < -0.39 is 10.0 Å². The van der Waals surface area contributed by atoms with Crippen molar-refractivity contribution in [3.8, 4) is 0 Å². The topological polar surface area (TPSA) is 95.6 Å². The number of carbonyl (C=O) groups excluding carboxylic acids is 2. The number of piperidine rings is 1. The highest BCUT2D eigenvalue weighted by molar-refractivity contribution is 7.89. The molecule has 21 heavy (non-hydrogen) atoms. The minimum absolute atomic E-state index is 0.00118. The Morgan fingerprint density at radius 1 is 1.38 bits per heavy atom. The summed E-state index contributed by atoms with van der Waals surface area (Å²) in [4.78, 5) is 23.1. The molecule has 0 spiro atoms. The van der Waals surface area contributed by atoms with E-state index in [9.17, 15) is 18.0 Å². The van der Waals surface area contributed by atoms with E-state index in [1.54, 1.807) is 0 Å². The van der Waals surface area contributed by atoms with Gasteiger partial charge in [-0.1, -0.05) is 6.92 Å². The van der Waals surface area contributed by atoms with Crippen LogP contribution >= 0.6 is 0 Å². The second-order valence-corrected chi connectivity index (χ2v) is 7.79. The van der Waals surface area contributed by atoms with Gasteiger partial charge < -0.3 is 10.6 Å². The average Bonchev–Trinajstić information content (AvgIpc) is 2.86. The van der Waals surface area contributed by atoms with Crippen LogP contribution in [0.25, 0.3) is 0 Å². The predicted octanol–water partition coefficient (Wildman–Crippen LogP) is -0.557. The Kier molecular flexibility index (Phi) is 5.21. The summed E-state index contributed by atoms with van der Waals surface area (Å²) in [5, 5.41) is 5.57. The fraction of sp³-hybridized carbons (Fsp3) is 0.846. The summed E-state index contributed by atoms with van der Waals surface area (Å²) in [6, 6.07) is 0.00118. The molecule has 2 rings (SSSR count). The lowest BCUT2D eigenvalue weighted by atomic mass is 10.0. The van der Waals surface area contributed by atoms with Crippen molar-refractivity contribution in [2.24, 2.45) is 5.92 Å². The Labute approximate surface area is 125 Å². The van der Waals surface area contributed by atoms with E-state index in [1.165, 1.54) is 4.31 Å². The maximum atomic E-state index is 12.0. The number of hydrogen-bond donors (Lipinski definition) is 2. The number of carbonyl (C=O) groups is 2. The van der Waals surface area contributed by atoms with Crippen LogP contribution in [0.5, 0.6) is 0 Å². The van der Waals surface area contributed by atoms with Gasteiger partial charge >= 0.3 is 0 Å². The summed E-state index contributed by atoms with van der Waals surface area (Å²) < 4.78 is 25.4. The van der Waals surface area contributed by atoms with Crippen molar-refractivity contribution in [3.63, 3.8) is 0 Å². The molecule has 120 valence electrons. The Morgan fingerprint density at radius 3 is 2.57 bits per heavy atom. The zero-order valence-electron chi connectivity index (χ0n) is 12.3. The Hall–Kier alpha value is -1.15. The van der Waals surface area contributed by atoms with Crippen LogP contribution in [0.4, 0.5) is 0 Å². The standard InChI is InChI=1S/C13H23N3O4S/c1-2-7-21(19,20)16-5-3-11(4-6-16)15-13(18)10-8-12(17)14-9-10/h10-11H,2-9H2,1H3,(H,14,17)(H,15,18). The predicted molar refractivity (Wildman–Crippen MR) is 77.9 cm³/mol. The van der Waals surface area contributed by atoms with Crippen molar-refractivity contribution in [2.45, 2.75) is 38.6 Å². The fourth-order valence-corrected chi connectivity index (χ4v) is 4.32. The molecule has 0 aromatic rings. The van der Waals surface area contributed by atoms with E-state index in [1.807, 2.05) is 6.92 Å². The van der Waals surface area contributed by atoms with Gasteiger partial charge in [0.15, 0.2) is 0 Å². The molecule has 0 radical (unpaired) electrons. The normalized spacial score (nSPS) is 24.8. The fourth-order valence-electron chi connectivity index (χ4n) is 2.77. The smallest absolute Gasteiger partial charge is 0.225 e. The van der Waals surface area contributed by atoms with Gasteiger partial charge in [-0.3, -0.25) is 9.59 Å². The van der Waals surface area contributed by atoms with Crippen LogP contribution in [0.2, 0.25) is 0 Å². The second kappa shape index (κ2) is 6.74. The Morgan fingerprint density at radius 2 is 2.05 bits per heavy atom. The summed E-state index contributed by atoms with van der Waals surface area (Å²) in [7, 11) is -3.14. The molecule has 0 aliphatic carbocycles. The highest BCUT2D eigenvalue weighted by Crippen LogP contribution is 2.16. The third-order valence-corrected chi connectivity index (χ3v) is 6.08. The highest BCUT2D eigenvalue weighted by atomic mass is 32.2. The van der Waals surface area contributed by atoms with Crippen LogP contribution in [0.1, 0.15) is 32.6 Å². The number of nitrogens with zero attached hydrogens (tertiary/aromatic N) is 1. The molecule has 2 amide bonds. The molecule has 2 heterocycles. The van der Waals surface area contributed by atoms with Crippen molar-refractivity contribution in [1.82, 2.24) is 14.9 Å². The van der Waals surface area contributed by atoms with Gasteiger partial charge in [-0.25, -0.2) is 12.7 Å². The molecule has 2 N–H and O–H groups in total. The SMILES string of the molecule is CCCS(=O)(=O)N1CCC(NC(=O)C2CNC(=O)C2)CC1. The van der Waals surface area contributed by atoms with Gasteiger partial charge in [0.05, 0.1) is 11.7 Å². The lowest BCUT2D eigenvalue weighted by molar-refractivity contribution is -0.127. The van der Waals surface area contributed by atoms with Crippen molar-refractivity contribution in [2.75, 3.05) is 25.4 Å². The minimum Gasteiger partial charge on any atom is -0.355 e. The molecule has 2 saturated heterocycles. The van der Waals surface area contributed by atoms with Crippen LogP contribution in [0.15, 0.2) is 0 Å². The molecule has 1 unspecified atom stereocenters. The second-order valence-electron chi connectivity index (χ2n) is 5.70. The van der Waals surface area contributed by atoms with E-state index in [0.717, 1.165) is 0 Å². The van der Waals surface area contributed by atoms with E-state index in [-0.39, 0.29) is 35.9 Å². The number of sulfonamides is 1. The third kappa shape index (κ3) is 4.16. The zero-order chi connectivity index (χ0) is 15.5. The summed E-state index contributed by atoms with van der Waals surface area (Å²) in [5.74, 6) is -0.307. The van der Waals surface area contributed by atoms with Gasteiger partial charge in [-0.05, 0) is 19.3 Å². The van der Waals surface area contributed by atoms with E-state index in [4.69, 9.17) is 0 Å². The molecular formula is C13H23N3O4S. The first-order chi connectivity index (χ1) is 9.92. The van der Waals surface area contributed by atoms with Crippen molar-refractivity contribution >= 4 is 21.8 Å². The Bertz CT molecular complexity index is 498. The van der Waals surface area contributed by atoms with E-state index in [2.05, 4.69) is 10.6 Å². The first-order valence-electron chi connectivity index (χ1n) is 7.47. The number of rotatable bonds is 5. The molecule has 2 aliphatic rings. The third-order valence-electron chi connectivity index (χ3n) is 4.00. The average molecular weight is 317 g/mol. The quantitative estimate of drug-likeness (QED) is 0.711. The molecule has 2 fully saturated rings. The van der Waals surface area contributed by atoms with Gasteiger partial charge in [0.1, 0.15) is 0 Å². The highest BCUT2D eigenvalue weighted by Gasteiger charge is 2.32. The lowest BCUT2D eigenvalue weighted by Crippen LogP contribution is -2.48. The van der Waals surface area contributed by atoms with Crippen LogP contribution in [0.3, 0.4) is 0 Å². The molecule has 0 bridgehead atoms. The molecule has 7 nitrogen and oxygen atoms in total. The maximum absolute atomic E-state index is 12.0. The van der Waals surface area contributed by atoms with Gasteiger partial charge in [-0.15, -0.1) is 0 Å². The van der Waals surface area contributed by atoms with Crippen LogP contribution in [0, 0.1) is 5.92 Å². The molecule has 0 aromatic heterocycles. The summed E-state index contributed by atoms with van der Waals surface area (Å²) in [5.41, 5.74) is 0. The number of hydrogen-bond acceptors (Lipinski definition) is 4. The molecule has 0 aromatic carbocycles. The number of nitrogens with one attached hydrogen (secondary N) is 2. The molecule has 1 atom stereocenters. The molecular weight excluding hydrogens is 294 g/mol. The van der Waals surface area contributed by atoms with Crippen molar-refractivity contribution < 1.29 is 18.0 Å². The lowest BCUT2D eigenvalue weighted by Gasteiger charge is -2.32. The first kappa shape index (κ1) is 16.2. The summed E-state index contributed by atoms with van der Waals surface area (Å²) >= 11 is 0. The van der Waals surface area contributed by atoms with E-state index >= 15 is 0 Å². The molecule has 2 aliphatic heterocycles. The first-order valence-corrected chi connectivity index (χ1v) is 9.08. The van der Waals surface area contributed by atoms with Crippen molar-refractivity contribution in [3.05, 3.63) is 0 Å². The largest absolute Gasteiger partial charge is 0.355 e.